The highest BCUT2D eigenvalue weighted by molar-refractivity contribution is 5.51. The highest BCUT2D eigenvalue weighted by Gasteiger charge is 2.05. The summed E-state index contributed by atoms with van der Waals surface area (Å²) in [6.07, 6.45) is 3.53. The van der Waals surface area contributed by atoms with E-state index in [1.165, 1.54) is 0 Å². The highest BCUT2D eigenvalue weighted by atomic mass is 16.5. The zero-order valence-electron chi connectivity index (χ0n) is 11.9. The van der Waals surface area contributed by atoms with Crippen molar-refractivity contribution in [3.05, 3.63) is 72.8 Å². The van der Waals surface area contributed by atoms with E-state index in [2.05, 4.69) is 20.9 Å². The fraction of sp³-hybridized carbons (Fsp3) is 0.118. The molecular weight excluding hydrogens is 262 g/mol. The lowest BCUT2D eigenvalue weighted by molar-refractivity contribution is 0.482. The highest BCUT2D eigenvalue weighted by Crippen LogP contribution is 2.25. The standard InChI is InChI=1S/C17H17N3O/c1-20(12-14-11-18-13-19-14)15-6-5-9-17(10-15)21-16-7-3-2-4-8-16/h2-11,13H,12H2,1H3,(H,18,19). The molecule has 0 fully saturated rings. The Kier molecular flexibility index (Phi) is 3.87. The van der Waals surface area contributed by atoms with Crippen molar-refractivity contribution >= 4 is 5.69 Å². The number of aromatic nitrogens is 2. The van der Waals surface area contributed by atoms with Crippen LogP contribution in [0.25, 0.3) is 0 Å². The maximum absolute atomic E-state index is 5.86. The second-order valence-electron chi connectivity index (χ2n) is 4.85. The van der Waals surface area contributed by atoms with Gasteiger partial charge in [-0.05, 0) is 24.3 Å². The summed E-state index contributed by atoms with van der Waals surface area (Å²) in [5, 5.41) is 0. The minimum Gasteiger partial charge on any atom is -0.457 e. The molecule has 3 rings (SSSR count). The molecule has 0 spiro atoms. The van der Waals surface area contributed by atoms with E-state index in [0.29, 0.717) is 0 Å². The molecule has 0 aliphatic heterocycles. The Bertz CT molecular complexity index is 680. The quantitative estimate of drug-likeness (QED) is 0.771. The minimum absolute atomic E-state index is 0.773. The topological polar surface area (TPSA) is 41.2 Å². The number of nitrogens with one attached hydrogen (secondary N) is 1. The Labute approximate surface area is 124 Å². The number of anilines is 1. The predicted octanol–water partition coefficient (Wildman–Crippen LogP) is 3.84. The van der Waals surface area contributed by atoms with Crippen LogP contribution in [-0.4, -0.2) is 17.0 Å². The third kappa shape index (κ3) is 3.42. The Morgan fingerprint density at radius 1 is 1.05 bits per heavy atom. The Morgan fingerprint density at radius 3 is 2.62 bits per heavy atom. The molecule has 4 heteroatoms. The lowest BCUT2D eigenvalue weighted by Gasteiger charge is -2.19. The largest absolute Gasteiger partial charge is 0.457 e. The Balaban J connectivity index is 1.73. The van der Waals surface area contributed by atoms with Crippen LogP contribution in [0.5, 0.6) is 11.5 Å². The third-order valence-corrected chi connectivity index (χ3v) is 3.20. The number of hydrogen-bond acceptors (Lipinski definition) is 3. The van der Waals surface area contributed by atoms with Crippen molar-refractivity contribution in [3.8, 4) is 11.5 Å². The van der Waals surface area contributed by atoms with Gasteiger partial charge in [0, 0.05) is 25.0 Å². The van der Waals surface area contributed by atoms with E-state index in [9.17, 15) is 0 Å². The van der Waals surface area contributed by atoms with Gasteiger partial charge in [0.15, 0.2) is 0 Å². The summed E-state index contributed by atoms with van der Waals surface area (Å²) < 4.78 is 5.86. The van der Waals surface area contributed by atoms with Gasteiger partial charge in [-0.15, -0.1) is 0 Å². The number of rotatable bonds is 5. The van der Waals surface area contributed by atoms with Crippen molar-refractivity contribution in [2.45, 2.75) is 6.54 Å². The van der Waals surface area contributed by atoms with Crippen LogP contribution in [0.4, 0.5) is 5.69 Å². The van der Waals surface area contributed by atoms with Gasteiger partial charge in [0.05, 0.1) is 18.6 Å². The third-order valence-electron chi connectivity index (χ3n) is 3.20. The molecule has 2 aromatic carbocycles. The molecule has 0 saturated carbocycles. The Morgan fingerprint density at radius 2 is 1.86 bits per heavy atom. The molecule has 106 valence electrons. The van der Waals surface area contributed by atoms with Gasteiger partial charge in [-0.2, -0.15) is 0 Å². The van der Waals surface area contributed by atoms with E-state index in [1.54, 1.807) is 6.33 Å². The van der Waals surface area contributed by atoms with Crippen molar-refractivity contribution in [1.82, 2.24) is 9.97 Å². The molecule has 0 aliphatic carbocycles. The molecule has 0 saturated heterocycles. The van der Waals surface area contributed by atoms with Gasteiger partial charge in [0.1, 0.15) is 11.5 Å². The first-order chi connectivity index (χ1) is 10.3. The maximum atomic E-state index is 5.86. The zero-order chi connectivity index (χ0) is 14.5. The zero-order valence-corrected chi connectivity index (χ0v) is 11.9. The molecule has 0 aliphatic rings. The van der Waals surface area contributed by atoms with Crippen LogP contribution >= 0.6 is 0 Å². The predicted molar refractivity (Wildman–Crippen MR) is 83.7 cm³/mol. The lowest BCUT2D eigenvalue weighted by Crippen LogP contribution is -2.16. The summed E-state index contributed by atoms with van der Waals surface area (Å²) in [5.41, 5.74) is 2.17. The van der Waals surface area contributed by atoms with Crippen LogP contribution in [0.2, 0.25) is 0 Å². The molecule has 4 nitrogen and oxygen atoms in total. The first-order valence-corrected chi connectivity index (χ1v) is 6.82. The van der Waals surface area contributed by atoms with Crippen LogP contribution in [0.15, 0.2) is 67.1 Å². The normalized spacial score (nSPS) is 10.3. The van der Waals surface area contributed by atoms with Crippen LogP contribution in [-0.2, 0) is 6.54 Å². The summed E-state index contributed by atoms with van der Waals surface area (Å²) in [5.74, 6) is 1.67. The first kappa shape index (κ1) is 13.2. The van der Waals surface area contributed by atoms with Crippen molar-refractivity contribution in [2.24, 2.45) is 0 Å². The smallest absolute Gasteiger partial charge is 0.129 e. The van der Waals surface area contributed by atoms with Crippen LogP contribution in [0, 0.1) is 0 Å². The number of H-pyrrole nitrogens is 1. The number of aromatic amines is 1. The van der Waals surface area contributed by atoms with E-state index in [4.69, 9.17) is 4.74 Å². The second-order valence-corrected chi connectivity index (χ2v) is 4.85. The van der Waals surface area contributed by atoms with Gasteiger partial charge in [-0.1, -0.05) is 24.3 Å². The molecule has 0 unspecified atom stereocenters. The maximum Gasteiger partial charge on any atom is 0.129 e. The SMILES string of the molecule is CN(Cc1cnc[nH]1)c1cccc(Oc2ccccc2)c1. The summed E-state index contributed by atoms with van der Waals surface area (Å²) in [6.45, 7) is 0.773. The average Bonchev–Trinajstić information content (AvgIpc) is 3.01. The molecule has 3 aromatic rings. The first-order valence-electron chi connectivity index (χ1n) is 6.82. The van der Waals surface area contributed by atoms with Crippen molar-refractivity contribution < 1.29 is 4.74 Å². The molecular formula is C17H17N3O. The summed E-state index contributed by atoms with van der Waals surface area (Å²) in [4.78, 5) is 9.29. The number of ether oxygens (including phenoxy) is 1. The number of nitrogens with zero attached hydrogens (tertiary/aromatic N) is 2. The fourth-order valence-corrected chi connectivity index (χ4v) is 2.13. The number of para-hydroxylation sites is 1. The number of imidazole rings is 1. The lowest BCUT2D eigenvalue weighted by atomic mass is 10.2. The van der Waals surface area contributed by atoms with Gasteiger partial charge in [0.2, 0.25) is 0 Å². The van der Waals surface area contributed by atoms with E-state index in [1.807, 2.05) is 61.8 Å². The van der Waals surface area contributed by atoms with Gasteiger partial charge in [-0.3, -0.25) is 0 Å². The average molecular weight is 279 g/mol. The van der Waals surface area contributed by atoms with Gasteiger partial charge < -0.3 is 14.6 Å². The van der Waals surface area contributed by atoms with Crippen molar-refractivity contribution in [1.29, 1.82) is 0 Å². The van der Waals surface area contributed by atoms with Crippen molar-refractivity contribution in [2.75, 3.05) is 11.9 Å². The molecule has 1 heterocycles. The monoisotopic (exact) mass is 279 g/mol. The van der Waals surface area contributed by atoms with Crippen LogP contribution in [0.3, 0.4) is 0 Å². The van der Waals surface area contributed by atoms with Crippen LogP contribution in [0.1, 0.15) is 5.69 Å². The number of benzene rings is 2. The van der Waals surface area contributed by atoms with Gasteiger partial charge >= 0.3 is 0 Å². The molecule has 0 radical (unpaired) electrons. The molecule has 0 bridgehead atoms. The molecule has 1 aromatic heterocycles. The summed E-state index contributed by atoms with van der Waals surface area (Å²) in [6, 6.07) is 17.8. The Hall–Kier alpha value is -2.75. The molecule has 21 heavy (non-hydrogen) atoms. The minimum atomic E-state index is 0.773. The second kappa shape index (κ2) is 6.13. The molecule has 0 atom stereocenters. The van der Waals surface area contributed by atoms with E-state index < -0.39 is 0 Å². The van der Waals surface area contributed by atoms with E-state index in [0.717, 1.165) is 29.4 Å². The van der Waals surface area contributed by atoms with Gasteiger partial charge in [-0.25, -0.2) is 4.98 Å². The molecule has 0 amide bonds. The van der Waals surface area contributed by atoms with Gasteiger partial charge in [0.25, 0.3) is 0 Å². The molecule has 1 N–H and O–H groups in total. The number of hydrogen-bond donors (Lipinski definition) is 1. The summed E-state index contributed by atoms with van der Waals surface area (Å²) in [7, 11) is 2.04. The van der Waals surface area contributed by atoms with Crippen molar-refractivity contribution in [3.63, 3.8) is 0 Å². The fourth-order valence-electron chi connectivity index (χ4n) is 2.13. The van der Waals surface area contributed by atoms with Crippen LogP contribution < -0.4 is 9.64 Å². The van der Waals surface area contributed by atoms with E-state index in [-0.39, 0.29) is 0 Å². The summed E-state index contributed by atoms with van der Waals surface area (Å²) >= 11 is 0. The van der Waals surface area contributed by atoms with E-state index >= 15 is 0 Å².